The van der Waals surface area contributed by atoms with Gasteiger partial charge in [0.2, 0.25) is 5.82 Å². The van der Waals surface area contributed by atoms with Gasteiger partial charge in [0.1, 0.15) is 0 Å². The van der Waals surface area contributed by atoms with Crippen LogP contribution in [0.3, 0.4) is 0 Å². The second-order valence-corrected chi connectivity index (χ2v) is 7.75. The predicted octanol–water partition coefficient (Wildman–Crippen LogP) is 4.13. The molecule has 0 saturated carbocycles. The maximum absolute atomic E-state index is 4.70. The minimum Gasteiger partial charge on any atom is -0.239 e. The Bertz CT molecular complexity index is 1190. The first-order chi connectivity index (χ1) is 15.1. The number of H-pyrrole nitrogens is 1. The van der Waals surface area contributed by atoms with Crippen molar-refractivity contribution >= 4 is 0 Å². The molecule has 1 N–H and O–H groups in total. The standard InChI is InChI=1S/C24H25N7/c1-4-5-10-23-25-22(15-17(2)3)28-31(23)16-18-11-13-19(14-12-18)20-8-6-7-9-21(20)24-26-29-30-27-24/h6-9,11-14,17H,4,15-16H2,1-3H3,(H,26,27,29,30). The van der Waals surface area contributed by atoms with E-state index in [9.17, 15) is 0 Å². The summed E-state index contributed by atoms with van der Waals surface area (Å²) in [5, 5.41) is 19.0. The molecule has 0 aliphatic heterocycles. The number of hydrogen-bond donors (Lipinski definition) is 1. The van der Waals surface area contributed by atoms with Gasteiger partial charge in [-0.2, -0.15) is 5.10 Å². The van der Waals surface area contributed by atoms with E-state index in [2.05, 4.69) is 81.6 Å². The van der Waals surface area contributed by atoms with Crippen molar-refractivity contribution in [3.05, 3.63) is 65.7 Å². The molecule has 0 aliphatic rings. The van der Waals surface area contributed by atoms with Gasteiger partial charge in [-0.05, 0) is 39.0 Å². The SMILES string of the molecule is CCC#Cc1nc(CC(C)C)nn1Cc1ccc(-c2ccccc2-c2nnn[nH]2)cc1. The van der Waals surface area contributed by atoms with E-state index in [-0.39, 0.29) is 0 Å². The van der Waals surface area contributed by atoms with E-state index in [4.69, 9.17) is 5.10 Å². The molecule has 0 amide bonds. The molecular formula is C24H25N7. The first kappa shape index (κ1) is 20.5. The van der Waals surface area contributed by atoms with E-state index < -0.39 is 0 Å². The van der Waals surface area contributed by atoms with Crippen molar-refractivity contribution in [1.29, 1.82) is 0 Å². The number of rotatable bonds is 6. The van der Waals surface area contributed by atoms with Gasteiger partial charge in [0.05, 0.1) is 6.54 Å². The lowest BCUT2D eigenvalue weighted by atomic mass is 9.98. The Hall–Kier alpha value is -3.79. The van der Waals surface area contributed by atoms with E-state index in [1.54, 1.807) is 0 Å². The normalized spacial score (nSPS) is 10.8. The first-order valence-corrected chi connectivity index (χ1v) is 10.5. The van der Waals surface area contributed by atoms with Crippen LogP contribution >= 0.6 is 0 Å². The van der Waals surface area contributed by atoms with Crippen molar-refractivity contribution in [1.82, 2.24) is 35.4 Å². The molecule has 2 aromatic heterocycles. The van der Waals surface area contributed by atoms with E-state index in [0.29, 0.717) is 18.3 Å². The lowest BCUT2D eigenvalue weighted by Gasteiger charge is -2.09. The molecule has 31 heavy (non-hydrogen) atoms. The fraction of sp³-hybridized carbons (Fsp3) is 0.292. The third-order valence-electron chi connectivity index (χ3n) is 4.81. The van der Waals surface area contributed by atoms with Crippen LogP contribution in [-0.2, 0) is 13.0 Å². The second kappa shape index (κ2) is 9.35. The minimum absolute atomic E-state index is 0.502. The molecule has 7 heteroatoms. The maximum atomic E-state index is 4.70. The monoisotopic (exact) mass is 411 g/mol. The zero-order valence-corrected chi connectivity index (χ0v) is 18.0. The van der Waals surface area contributed by atoms with Gasteiger partial charge in [0, 0.05) is 18.4 Å². The summed E-state index contributed by atoms with van der Waals surface area (Å²) >= 11 is 0. The molecule has 4 aromatic rings. The molecule has 156 valence electrons. The van der Waals surface area contributed by atoms with Crippen molar-refractivity contribution in [2.45, 2.75) is 40.2 Å². The number of aromatic nitrogens is 7. The smallest absolute Gasteiger partial charge is 0.203 e. The van der Waals surface area contributed by atoms with Crippen LogP contribution in [0.4, 0.5) is 0 Å². The van der Waals surface area contributed by atoms with Crippen molar-refractivity contribution in [3.63, 3.8) is 0 Å². The van der Waals surface area contributed by atoms with Crippen LogP contribution in [0.15, 0.2) is 48.5 Å². The van der Waals surface area contributed by atoms with Crippen LogP contribution < -0.4 is 0 Å². The summed E-state index contributed by atoms with van der Waals surface area (Å²) in [6.45, 7) is 7.01. The highest BCUT2D eigenvalue weighted by Crippen LogP contribution is 2.29. The van der Waals surface area contributed by atoms with Gasteiger partial charge in [-0.3, -0.25) is 0 Å². The topological polar surface area (TPSA) is 85.2 Å². The molecular weight excluding hydrogens is 386 g/mol. The lowest BCUT2D eigenvalue weighted by molar-refractivity contribution is 0.602. The number of hydrogen-bond acceptors (Lipinski definition) is 5. The molecule has 0 bridgehead atoms. The average molecular weight is 412 g/mol. The Kier molecular flexibility index (Phi) is 6.18. The van der Waals surface area contributed by atoms with E-state index in [0.717, 1.165) is 46.7 Å². The fourth-order valence-corrected chi connectivity index (χ4v) is 3.39. The molecule has 0 radical (unpaired) electrons. The molecule has 0 unspecified atom stereocenters. The van der Waals surface area contributed by atoms with Gasteiger partial charge in [0.25, 0.3) is 0 Å². The predicted molar refractivity (Wildman–Crippen MR) is 120 cm³/mol. The van der Waals surface area contributed by atoms with Gasteiger partial charge in [0.15, 0.2) is 11.6 Å². The summed E-state index contributed by atoms with van der Waals surface area (Å²) in [6, 6.07) is 16.5. The third kappa shape index (κ3) is 4.86. The van der Waals surface area contributed by atoms with Crippen LogP contribution in [0.2, 0.25) is 0 Å². The molecule has 2 aromatic carbocycles. The Labute approximate surface area is 181 Å². The minimum atomic E-state index is 0.502. The number of nitrogens with zero attached hydrogens (tertiary/aromatic N) is 6. The van der Waals surface area contributed by atoms with E-state index in [1.807, 2.05) is 29.8 Å². The number of tetrazole rings is 1. The highest BCUT2D eigenvalue weighted by molar-refractivity contribution is 5.80. The van der Waals surface area contributed by atoms with E-state index >= 15 is 0 Å². The largest absolute Gasteiger partial charge is 0.239 e. The lowest BCUT2D eigenvalue weighted by Crippen LogP contribution is -2.05. The van der Waals surface area contributed by atoms with Gasteiger partial charge in [-0.25, -0.2) is 14.8 Å². The molecule has 7 nitrogen and oxygen atoms in total. The van der Waals surface area contributed by atoms with Crippen LogP contribution in [0.25, 0.3) is 22.5 Å². The summed E-state index contributed by atoms with van der Waals surface area (Å²) in [7, 11) is 0. The van der Waals surface area contributed by atoms with E-state index in [1.165, 1.54) is 0 Å². The molecule has 0 saturated heterocycles. The van der Waals surface area contributed by atoms with Crippen molar-refractivity contribution < 1.29 is 0 Å². The number of nitrogens with one attached hydrogen (secondary N) is 1. The van der Waals surface area contributed by atoms with Gasteiger partial charge in [-0.15, -0.1) is 5.10 Å². The van der Waals surface area contributed by atoms with Gasteiger partial charge in [-0.1, -0.05) is 75.2 Å². The van der Waals surface area contributed by atoms with Crippen molar-refractivity contribution in [2.24, 2.45) is 5.92 Å². The van der Waals surface area contributed by atoms with Crippen LogP contribution in [0, 0.1) is 17.8 Å². The molecule has 0 spiro atoms. The Morgan fingerprint density at radius 1 is 1.03 bits per heavy atom. The Balaban J connectivity index is 1.60. The summed E-state index contributed by atoms with van der Waals surface area (Å²) < 4.78 is 1.91. The van der Waals surface area contributed by atoms with Crippen molar-refractivity contribution in [3.8, 4) is 34.4 Å². The quantitative estimate of drug-likeness (QED) is 0.482. The number of aromatic amines is 1. The Morgan fingerprint density at radius 2 is 1.81 bits per heavy atom. The summed E-state index contributed by atoms with van der Waals surface area (Å²) in [6.07, 6.45) is 1.64. The summed E-state index contributed by atoms with van der Waals surface area (Å²) in [5.41, 5.74) is 4.28. The Morgan fingerprint density at radius 3 is 2.48 bits per heavy atom. The zero-order valence-electron chi connectivity index (χ0n) is 18.0. The van der Waals surface area contributed by atoms with Crippen LogP contribution in [0.1, 0.15) is 44.4 Å². The number of benzene rings is 2. The summed E-state index contributed by atoms with van der Waals surface area (Å²) in [5.74, 6) is 9.00. The second-order valence-electron chi connectivity index (χ2n) is 7.75. The van der Waals surface area contributed by atoms with Gasteiger partial charge >= 0.3 is 0 Å². The van der Waals surface area contributed by atoms with Crippen LogP contribution in [-0.4, -0.2) is 35.4 Å². The molecule has 0 aliphatic carbocycles. The van der Waals surface area contributed by atoms with Crippen molar-refractivity contribution in [2.75, 3.05) is 0 Å². The first-order valence-electron chi connectivity index (χ1n) is 10.5. The molecule has 2 heterocycles. The van der Waals surface area contributed by atoms with Gasteiger partial charge < -0.3 is 0 Å². The fourth-order valence-electron chi connectivity index (χ4n) is 3.39. The zero-order chi connectivity index (χ0) is 21.6. The summed E-state index contributed by atoms with van der Waals surface area (Å²) in [4.78, 5) is 4.65. The molecule has 0 atom stereocenters. The maximum Gasteiger partial charge on any atom is 0.203 e. The highest BCUT2D eigenvalue weighted by Gasteiger charge is 2.12. The highest BCUT2D eigenvalue weighted by atomic mass is 15.5. The average Bonchev–Trinajstić information content (AvgIpc) is 3.43. The molecule has 0 fully saturated rings. The molecule has 4 rings (SSSR count). The van der Waals surface area contributed by atoms with Crippen LogP contribution in [0.5, 0.6) is 0 Å². The third-order valence-corrected chi connectivity index (χ3v) is 4.81.